The standard InChI is InChI=1S/C29H27F5O3/c1-3-36-25-13-8-19(26(31)29(25)34)15-37-20-9-10-22(24(30)14-20)17-4-6-18(7-5-17)23-12-11-21(16(2)35)27(32)28(23)33/h4,8-14,16,18,35H,3,5-7,15H2,1-2H3. The monoisotopic (exact) mass is 518 g/mol. The van der Waals surface area contributed by atoms with Crippen molar-refractivity contribution in [1.82, 2.24) is 0 Å². The first-order valence-corrected chi connectivity index (χ1v) is 12.1. The third-order valence-electron chi connectivity index (χ3n) is 6.55. The highest BCUT2D eigenvalue weighted by Crippen LogP contribution is 2.39. The van der Waals surface area contributed by atoms with Crippen molar-refractivity contribution in [2.45, 2.75) is 51.7 Å². The molecule has 0 radical (unpaired) electrons. The van der Waals surface area contributed by atoms with Crippen LogP contribution in [0.1, 0.15) is 67.4 Å². The average molecular weight is 519 g/mol. The largest absolute Gasteiger partial charge is 0.491 e. The first-order chi connectivity index (χ1) is 17.7. The van der Waals surface area contributed by atoms with Gasteiger partial charge in [-0.25, -0.2) is 17.6 Å². The average Bonchev–Trinajstić information content (AvgIpc) is 2.88. The lowest BCUT2D eigenvalue weighted by atomic mass is 9.82. The molecule has 2 atom stereocenters. The molecule has 0 aliphatic heterocycles. The van der Waals surface area contributed by atoms with Gasteiger partial charge in [-0.3, -0.25) is 0 Å². The van der Waals surface area contributed by atoms with Crippen molar-refractivity contribution in [3.8, 4) is 11.5 Å². The Kier molecular flexibility index (Phi) is 8.17. The molecule has 1 aliphatic rings. The highest BCUT2D eigenvalue weighted by atomic mass is 19.2. The molecule has 0 aromatic heterocycles. The molecule has 3 aromatic rings. The Morgan fingerprint density at radius 3 is 2.35 bits per heavy atom. The molecule has 1 N–H and O–H groups in total. The fraction of sp³-hybridized carbons (Fsp3) is 0.310. The van der Waals surface area contributed by atoms with Crippen molar-refractivity contribution >= 4 is 5.57 Å². The maximum atomic E-state index is 14.9. The van der Waals surface area contributed by atoms with Crippen molar-refractivity contribution in [2.75, 3.05) is 6.61 Å². The fourth-order valence-electron chi connectivity index (χ4n) is 4.54. The van der Waals surface area contributed by atoms with Crippen LogP contribution in [0.25, 0.3) is 5.57 Å². The van der Waals surface area contributed by atoms with Gasteiger partial charge in [0.25, 0.3) is 0 Å². The Balaban J connectivity index is 1.44. The molecule has 4 rings (SSSR count). The van der Waals surface area contributed by atoms with Crippen LogP contribution in [0.3, 0.4) is 0 Å². The van der Waals surface area contributed by atoms with Gasteiger partial charge in [-0.1, -0.05) is 18.2 Å². The van der Waals surface area contributed by atoms with Gasteiger partial charge < -0.3 is 14.6 Å². The number of hydrogen-bond acceptors (Lipinski definition) is 3. The Bertz CT molecular complexity index is 1320. The van der Waals surface area contributed by atoms with Crippen LogP contribution in [0.5, 0.6) is 11.5 Å². The second kappa shape index (κ2) is 11.3. The van der Waals surface area contributed by atoms with E-state index < -0.39 is 35.2 Å². The van der Waals surface area contributed by atoms with Crippen LogP contribution in [0.4, 0.5) is 22.0 Å². The third kappa shape index (κ3) is 5.64. The quantitative estimate of drug-likeness (QED) is 0.310. The number of aliphatic hydroxyl groups excluding tert-OH is 1. The number of rotatable bonds is 8. The van der Waals surface area contributed by atoms with Crippen LogP contribution in [-0.4, -0.2) is 11.7 Å². The molecule has 3 nitrogen and oxygen atoms in total. The number of benzene rings is 3. The maximum absolute atomic E-state index is 14.9. The molecule has 8 heteroatoms. The summed E-state index contributed by atoms with van der Waals surface area (Å²) in [5.41, 5.74) is 1.21. The molecule has 0 saturated heterocycles. The second-order valence-corrected chi connectivity index (χ2v) is 8.96. The normalized spacial score (nSPS) is 16.3. The van der Waals surface area contributed by atoms with Gasteiger partial charge in [-0.15, -0.1) is 0 Å². The van der Waals surface area contributed by atoms with Gasteiger partial charge >= 0.3 is 0 Å². The van der Waals surface area contributed by atoms with Crippen molar-refractivity contribution < 1.29 is 36.5 Å². The lowest BCUT2D eigenvalue weighted by Gasteiger charge is -2.24. The zero-order chi connectivity index (χ0) is 26.7. The van der Waals surface area contributed by atoms with E-state index in [9.17, 15) is 27.1 Å². The molecular weight excluding hydrogens is 491 g/mol. The molecule has 1 aliphatic carbocycles. The molecule has 0 spiro atoms. The van der Waals surface area contributed by atoms with E-state index in [1.807, 2.05) is 6.08 Å². The summed E-state index contributed by atoms with van der Waals surface area (Å²) in [5, 5.41) is 9.58. The Hall–Kier alpha value is -3.39. The van der Waals surface area contributed by atoms with Crippen LogP contribution in [0.2, 0.25) is 0 Å². The molecule has 0 heterocycles. The van der Waals surface area contributed by atoms with E-state index in [0.717, 1.165) is 5.57 Å². The molecular formula is C29H27F5O3. The van der Waals surface area contributed by atoms with E-state index in [0.29, 0.717) is 24.8 Å². The summed E-state index contributed by atoms with van der Waals surface area (Å²) in [4.78, 5) is 0. The number of hydrogen-bond donors (Lipinski definition) is 1. The summed E-state index contributed by atoms with van der Waals surface area (Å²) in [5.74, 6) is -5.04. The van der Waals surface area contributed by atoms with Crippen LogP contribution in [0, 0.1) is 29.1 Å². The van der Waals surface area contributed by atoms with Crippen LogP contribution in [-0.2, 0) is 6.61 Å². The van der Waals surface area contributed by atoms with Gasteiger partial charge in [0, 0.05) is 22.8 Å². The third-order valence-corrected chi connectivity index (χ3v) is 6.55. The van der Waals surface area contributed by atoms with Crippen molar-refractivity contribution in [1.29, 1.82) is 0 Å². The summed E-state index contributed by atoms with van der Waals surface area (Å²) in [6.45, 7) is 2.93. The van der Waals surface area contributed by atoms with E-state index in [1.165, 1.54) is 43.3 Å². The van der Waals surface area contributed by atoms with Gasteiger partial charge in [0.15, 0.2) is 23.2 Å². The maximum Gasteiger partial charge on any atom is 0.201 e. The predicted octanol–water partition coefficient (Wildman–Crippen LogP) is 7.76. The van der Waals surface area contributed by atoms with E-state index in [-0.39, 0.29) is 47.3 Å². The van der Waals surface area contributed by atoms with Crippen molar-refractivity contribution in [3.05, 3.63) is 99.9 Å². The molecule has 0 amide bonds. The summed E-state index contributed by atoms with van der Waals surface area (Å²) in [6.07, 6.45) is 2.05. The predicted molar refractivity (Wildman–Crippen MR) is 130 cm³/mol. The number of ether oxygens (including phenoxy) is 2. The summed E-state index contributed by atoms with van der Waals surface area (Å²) in [7, 11) is 0. The summed E-state index contributed by atoms with van der Waals surface area (Å²) in [6, 6.07) is 9.81. The topological polar surface area (TPSA) is 38.7 Å². The zero-order valence-corrected chi connectivity index (χ0v) is 20.5. The first kappa shape index (κ1) is 26.7. The number of allylic oxidation sites excluding steroid dienone is 2. The van der Waals surface area contributed by atoms with E-state index in [1.54, 1.807) is 13.0 Å². The van der Waals surface area contributed by atoms with Gasteiger partial charge in [0.2, 0.25) is 5.82 Å². The minimum absolute atomic E-state index is 0.0309. The lowest BCUT2D eigenvalue weighted by molar-refractivity contribution is 0.192. The summed E-state index contributed by atoms with van der Waals surface area (Å²) < 4.78 is 82.6. The van der Waals surface area contributed by atoms with Crippen LogP contribution >= 0.6 is 0 Å². The molecule has 2 unspecified atom stereocenters. The minimum atomic E-state index is -1.11. The molecule has 0 bridgehead atoms. The lowest BCUT2D eigenvalue weighted by Crippen LogP contribution is -2.10. The Morgan fingerprint density at radius 1 is 0.919 bits per heavy atom. The van der Waals surface area contributed by atoms with E-state index in [4.69, 9.17) is 9.47 Å². The van der Waals surface area contributed by atoms with E-state index >= 15 is 0 Å². The molecule has 3 aromatic carbocycles. The Morgan fingerprint density at radius 2 is 1.70 bits per heavy atom. The Labute approximate surface area is 212 Å². The zero-order valence-electron chi connectivity index (χ0n) is 20.5. The van der Waals surface area contributed by atoms with Crippen LogP contribution < -0.4 is 9.47 Å². The molecule has 37 heavy (non-hydrogen) atoms. The second-order valence-electron chi connectivity index (χ2n) is 8.96. The highest BCUT2D eigenvalue weighted by Gasteiger charge is 2.25. The van der Waals surface area contributed by atoms with Gasteiger partial charge in [-0.2, -0.15) is 4.39 Å². The summed E-state index contributed by atoms with van der Waals surface area (Å²) >= 11 is 0. The molecule has 196 valence electrons. The number of halogens is 5. The van der Waals surface area contributed by atoms with Gasteiger partial charge in [0.05, 0.1) is 12.7 Å². The van der Waals surface area contributed by atoms with Crippen LogP contribution in [0.15, 0.2) is 48.5 Å². The number of aliphatic hydroxyl groups is 1. The van der Waals surface area contributed by atoms with Crippen molar-refractivity contribution in [2.24, 2.45) is 0 Å². The van der Waals surface area contributed by atoms with Gasteiger partial charge in [-0.05, 0) is 74.4 Å². The molecule has 0 fully saturated rings. The molecule has 0 saturated carbocycles. The first-order valence-electron chi connectivity index (χ1n) is 12.1. The highest BCUT2D eigenvalue weighted by molar-refractivity contribution is 5.67. The SMILES string of the molecule is CCOc1ccc(COc2ccc(C3=CCC(c4ccc(C(C)O)c(F)c4F)CC3)c(F)c2)c(F)c1F. The van der Waals surface area contributed by atoms with E-state index in [2.05, 4.69) is 0 Å². The van der Waals surface area contributed by atoms with Crippen molar-refractivity contribution in [3.63, 3.8) is 0 Å². The van der Waals surface area contributed by atoms with Gasteiger partial charge in [0.1, 0.15) is 18.2 Å². The fourth-order valence-corrected chi connectivity index (χ4v) is 4.54. The minimum Gasteiger partial charge on any atom is -0.491 e. The smallest absolute Gasteiger partial charge is 0.201 e.